The molecule has 3 aromatic rings. The summed E-state index contributed by atoms with van der Waals surface area (Å²) in [5, 5.41) is 10.2. The number of aromatic nitrogens is 1. The molecule has 5 rings (SSSR count). The van der Waals surface area contributed by atoms with E-state index in [1.54, 1.807) is 18.3 Å². The SMILES string of the molecule is COc1cccc(F)c1-c1ccc2c3c(cnc2c1C)OC[C@H]1CN(C(=O)O)CC(Cl)N31. The van der Waals surface area contributed by atoms with Gasteiger partial charge in [-0.25, -0.2) is 9.18 Å². The minimum atomic E-state index is -1.000. The van der Waals surface area contributed by atoms with Gasteiger partial charge in [0.15, 0.2) is 5.75 Å². The van der Waals surface area contributed by atoms with Crippen molar-refractivity contribution in [3.63, 3.8) is 0 Å². The summed E-state index contributed by atoms with van der Waals surface area (Å²) >= 11 is 6.66. The molecule has 1 fully saturated rings. The van der Waals surface area contributed by atoms with Gasteiger partial charge in [0, 0.05) is 11.9 Å². The fraction of sp³-hybridized carbons (Fsp3) is 0.304. The molecule has 0 radical (unpaired) electrons. The second-order valence-electron chi connectivity index (χ2n) is 7.92. The molecule has 1 aromatic heterocycles. The molecule has 2 atom stereocenters. The quantitative estimate of drug-likeness (QED) is 0.451. The molecule has 1 saturated heterocycles. The number of piperazine rings is 1. The molecule has 166 valence electrons. The number of benzene rings is 2. The number of aryl methyl sites for hydroxylation is 1. The van der Waals surface area contributed by atoms with Crippen LogP contribution in [0.4, 0.5) is 14.9 Å². The Morgan fingerprint density at radius 3 is 2.88 bits per heavy atom. The summed E-state index contributed by atoms with van der Waals surface area (Å²) in [5.41, 5.74) is 2.79. The maximum atomic E-state index is 14.8. The summed E-state index contributed by atoms with van der Waals surface area (Å²) in [7, 11) is 1.51. The van der Waals surface area contributed by atoms with Gasteiger partial charge in [0.2, 0.25) is 0 Å². The number of fused-ring (bicyclic) bond motifs is 5. The van der Waals surface area contributed by atoms with Crippen LogP contribution in [0, 0.1) is 12.7 Å². The molecule has 2 aromatic carbocycles. The zero-order chi connectivity index (χ0) is 22.6. The predicted molar refractivity (Wildman–Crippen MR) is 119 cm³/mol. The topological polar surface area (TPSA) is 75.1 Å². The number of rotatable bonds is 2. The molecule has 0 spiro atoms. The van der Waals surface area contributed by atoms with Gasteiger partial charge in [-0.05, 0) is 36.2 Å². The highest BCUT2D eigenvalue weighted by Gasteiger charge is 2.41. The monoisotopic (exact) mass is 457 g/mol. The molecule has 3 heterocycles. The van der Waals surface area contributed by atoms with Gasteiger partial charge in [0.05, 0.1) is 42.7 Å². The zero-order valence-corrected chi connectivity index (χ0v) is 18.3. The number of methoxy groups -OCH3 is 1. The first-order chi connectivity index (χ1) is 15.4. The van der Waals surface area contributed by atoms with E-state index in [9.17, 15) is 14.3 Å². The maximum absolute atomic E-state index is 14.8. The Morgan fingerprint density at radius 1 is 1.31 bits per heavy atom. The molecule has 1 unspecified atom stereocenters. The Balaban J connectivity index is 1.67. The van der Waals surface area contributed by atoms with Crippen molar-refractivity contribution in [3.8, 4) is 22.6 Å². The highest BCUT2D eigenvalue weighted by Crippen LogP contribution is 2.45. The van der Waals surface area contributed by atoms with E-state index in [-0.39, 0.29) is 18.4 Å². The van der Waals surface area contributed by atoms with Crippen molar-refractivity contribution in [2.45, 2.75) is 18.5 Å². The summed E-state index contributed by atoms with van der Waals surface area (Å²) in [4.78, 5) is 19.4. The Kier molecular flexibility index (Phi) is 4.97. The van der Waals surface area contributed by atoms with Crippen molar-refractivity contribution in [3.05, 3.63) is 47.9 Å². The smallest absolute Gasteiger partial charge is 0.407 e. The highest BCUT2D eigenvalue weighted by molar-refractivity contribution is 6.23. The largest absolute Gasteiger partial charge is 0.496 e. The zero-order valence-electron chi connectivity index (χ0n) is 17.5. The first-order valence-electron chi connectivity index (χ1n) is 10.2. The van der Waals surface area contributed by atoms with Gasteiger partial charge >= 0.3 is 6.09 Å². The molecule has 0 aliphatic carbocycles. The lowest BCUT2D eigenvalue weighted by Crippen LogP contribution is -2.61. The lowest BCUT2D eigenvalue weighted by Gasteiger charge is -2.47. The van der Waals surface area contributed by atoms with Crippen LogP contribution in [0.5, 0.6) is 11.5 Å². The summed E-state index contributed by atoms with van der Waals surface area (Å²) < 4.78 is 26.1. The van der Waals surface area contributed by atoms with Gasteiger partial charge in [-0.3, -0.25) is 4.98 Å². The molecule has 9 heteroatoms. The lowest BCUT2D eigenvalue weighted by molar-refractivity contribution is 0.119. The molecule has 1 N–H and O–H groups in total. The molecule has 2 aliphatic rings. The second-order valence-corrected chi connectivity index (χ2v) is 8.42. The van der Waals surface area contributed by atoms with Gasteiger partial charge in [-0.2, -0.15) is 0 Å². The Bertz CT molecular complexity index is 1240. The number of ether oxygens (including phenoxy) is 2. The van der Waals surface area contributed by atoms with Crippen molar-refractivity contribution < 1.29 is 23.8 Å². The van der Waals surface area contributed by atoms with Crippen LogP contribution in [0.15, 0.2) is 36.5 Å². The van der Waals surface area contributed by atoms with E-state index >= 15 is 0 Å². The number of halogens is 2. The van der Waals surface area contributed by atoms with Crippen molar-refractivity contribution >= 4 is 34.3 Å². The van der Waals surface area contributed by atoms with E-state index < -0.39 is 11.6 Å². The van der Waals surface area contributed by atoms with Crippen LogP contribution in [0.25, 0.3) is 22.0 Å². The van der Waals surface area contributed by atoms with Gasteiger partial charge in [0.25, 0.3) is 0 Å². The number of pyridine rings is 1. The number of amides is 1. The maximum Gasteiger partial charge on any atom is 0.407 e. The number of alkyl halides is 1. The average molecular weight is 458 g/mol. The third-order valence-electron chi connectivity index (χ3n) is 6.15. The fourth-order valence-electron chi connectivity index (χ4n) is 4.67. The number of nitrogens with zero attached hydrogens (tertiary/aromatic N) is 3. The summed E-state index contributed by atoms with van der Waals surface area (Å²) in [6, 6.07) is 8.25. The Morgan fingerprint density at radius 2 is 2.12 bits per heavy atom. The molecule has 0 bridgehead atoms. The standard InChI is InChI=1S/C23H21ClFN3O4/c1-12-14(20-16(25)4-3-5-17(20)31-2)6-7-15-21(12)26-8-18-22(15)28-13(11-32-18)9-27(23(29)30)10-19(28)24/h3-8,13,19H,9-11H2,1-2H3,(H,29,30)/t13-,19?/m1/s1. The van der Waals surface area contributed by atoms with Crippen molar-refractivity contribution in [2.75, 3.05) is 31.7 Å². The lowest BCUT2D eigenvalue weighted by atomic mass is 9.95. The van der Waals surface area contributed by atoms with Crippen LogP contribution in [0.3, 0.4) is 0 Å². The van der Waals surface area contributed by atoms with Gasteiger partial charge in [-0.1, -0.05) is 23.7 Å². The third kappa shape index (κ3) is 3.09. The molecule has 2 aliphatic heterocycles. The normalized spacial score (nSPS) is 19.9. The Hall–Kier alpha value is -3.26. The molecular formula is C23H21ClFN3O4. The van der Waals surface area contributed by atoms with Gasteiger partial charge < -0.3 is 24.4 Å². The summed E-state index contributed by atoms with van der Waals surface area (Å²) in [5.74, 6) is 0.664. The second kappa shape index (κ2) is 7.70. The number of hydrogen-bond donors (Lipinski definition) is 1. The highest BCUT2D eigenvalue weighted by atomic mass is 35.5. The molecule has 32 heavy (non-hydrogen) atoms. The van der Waals surface area contributed by atoms with Crippen molar-refractivity contribution in [1.82, 2.24) is 9.88 Å². The van der Waals surface area contributed by atoms with Crippen LogP contribution in [0.2, 0.25) is 0 Å². The van der Waals surface area contributed by atoms with E-state index in [0.29, 0.717) is 41.3 Å². The van der Waals surface area contributed by atoms with Crippen molar-refractivity contribution in [2.24, 2.45) is 0 Å². The Labute approximate surface area is 188 Å². The first kappa shape index (κ1) is 20.6. The first-order valence-corrected chi connectivity index (χ1v) is 10.6. The van der Waals surface area contributed by atoms with E-state index in [2.05, 4.69) is 4.98 Å². The number of carbonyl (C=O) groups is 1. The van der Waals surface area contributed by atoms with Crippen LogP contribution >= 0.6 is 11.6 Å². The van der Waals surface area contributed by atoms with Crippen molar-refractivity contribution in [1.29, 1.82) is 0 Å². The van der Waals surface area contributed by atoms with Gasteiger partial charge in [-0.15, -0.1) is 0 Å². The number of carboxylic acid groups (broad SMARTS) is 1. The number of anilines is 1. The van der Waals surface area contributed by atoms with Crippen LogP contribution in [-0.2, 0) is 0 Å². The van der Waals surface area contributed by atoms with Crippen LogP contribution < -0.4 is 14.4 Å². The molecule has 0 saturated carbocycles. The predicted octanol–water partition coefficient (Wildman–Crippen LogP) is 4.48. The third-order valence-corrected chi connectivity index (χ3v) is 6.50. The summed E-state index contributed by atoms with van der Waals surface area (Å²) in [6.07, 6.45) is 0.649. The molecule has 7 nitrogen and oxygen atoms in total. The minimum absolute atomic E-state index is 0.181. The number of hydrogen-bond acceptors (Lipinski definition) is 5. The van der Waals surface area contributed by atoms with E-state index in [1.807, 2.05) is 24.0 Å². The van der Waals surface area contributed by atoms with Crippen LogP contribution in [0.1, 0.15) is 5.56 Å². The fourth-order valence-corrected chi connectivity index (χ4v) is 5.09. The average Bonchev–Trinajstić information content (AvgIpc) is 2.78. The van der Waals surface area contributed by atoms with Gasteiger partial charge in [0.1, 0.15) is 23.7 Å². The van der Waals surface area contributed by atoms with E-state index in [1.165, 1.54) is 18.1 Å². The summed E-state index contributed by atoms with van der Waals surface area (Å²) in [6.45, 7) is 2.69. The van der Waals surface area contributed by atoms with E-state index in [4.69, 9.17) is 21.1 Å². The van der Waals surface area contributed by atoms with Crippen LogP contribution in [-0.4, -0.2) is 59.4 Å². The van der Waals surface area contributed by atoms with E-state index in [0.717, 1.165) is 16.6 Å². The minimum Gasteiger partial charge on any atom is -0.496 e. The molecular weight excluding hydrogens is 437 g/mol. The molecule has 1 amide bonds.